The molecule has 1 atom stereocenters. The Morgan fingerprint density at radius 2 is 1.45 bits per heavy atom. The van der Waals surface area contributed by atoms with E-state index in [1.807, 2.05) is 48.5 Å². The summed E-state index contributed by atoms with van der Waals surface area (Å²) in [6.07, 6.45) is 2.39. The average Bonchev–Trinajstić information content (AvgIpc) is 3.04. The van der Waals surface area contributed by atoms with Crippen LogP contribution in [0.15, 0.2) is 90.2 Å². The van der Waals surface area contributed by atoms with Crippen LogP contribution >= 0.6 is 0 Å². The van der Waals surface area contributed by atoms with Crippen LogP contribution in [0.3, 0.4) is 0 Å². The number of benzene rings is 3. The monoisotopic (exact) mass is 386 g/mol. The Hall–Kier alpha value is -3.40. The first kappa shape index (κ1) is 17.7. The van der Waals surface area contributed by atoms with Gasteiger partial charge in [-0.3, -0.25) is 0 Å². The molecular weight excluding hydrogens is 366 g/mol. The van der Waals surface area contributed by atoms with Crippen LogP contribution in [0.4, 0.5) is 14.5 Å². The molecule has 4 N–H and O–H groups in total. The third kappa shape index (κ3) is 2.38. The Morgan fingerprint density at radius 3 is 2.03 bits per heavy atom. The summed E-state index contributed by atoms with van der Waals surface area (Å²) >= 11 is 0. The molecule has 0 amide bonds. The van der Waals surface area contributed by atoms with Crippen LogP contribution in [-0.2, 0) is 5.41 Å². The van der Waals surface area contributed by atoms with E-state index in [0.717, 1.165) is 33.4 Å². The molecule has 2 aliphatic rings. The van der Waals surface area contributed by atoms with Gasteiger partial charge in [0.2, 0.25) is 0 Å². The van der Waals surface area contributed by atoms with Crippen molar-refractivity contribution in [2.24, 2.45) is 5.73 Å². The predicted molar refractivity (Wildman–Crippen MR) is 112 cm³/mol. The maximum absolute atomic E-state index is 14.7. The first-order valence-corrected chi connectivity index (χ1v) is 9.59. The minimum Gasteiger partial charge on any atom is -0.400 e. The number of nitrogens with two attached hydrogens (primary N) is 2. The largest absolute Gasteiger partial charge is 0.400 e. The van der Waals surface area contributed by atoms with Crippen molar-refractivity contribution in [2.75, 3.05) is 5.73 Å². The lowest BCUT2D eigenvalue weighted by molar-refractivity contribution is 0.364. The second kappa shape index (κ2) is 6.31. The zero-order chi connectivity index (χ0) is 20.2. The van der Waals surface area contributed by atoms with Crippen molar-refractivity contribution in [1.29, 1.82) is 0 Å². The zero-order valence-corrected chi connectivity index (χ0v) is 15.7. The molecule has 144 valence electrons. The van der Waals surface area contributed by atoms with Crippen LogP contribution in [0.1, 0.15) is 23.1 Å². The van der Waals surface area contributed by atoms with Gasteiger partial charge in [-0.25, -0.2) is 8.78 Å². The molecule has 0 fully saturated rings. The van der Waals surface area contributed by atoms with Gasteiger partial charge in [0, 0.05) is 12.1 Å². The first-order chi connectivity index (χ1) is 14.0. The number of nitrogen functional groups attached to an aromatic ring is 1. The molecule has 3 aromatic rings. The quantitative estimate of drug-likeness (QED) is 0.592. The lowest BCUT2D eigenvalue weighted by Crippen LogP contribution is -2.33. The van der Waals surface area contributed by atoms with E-state index in [4.69, 9.17) is 11.5 Å². The van der Waals surface area contributed by atoms with Crippen LogP contribution in [0.5, 0.6) is 0 Å². The summed E-state index contributed by atoms with van der Waals surface area (Å²) in [4.78, 5) is 0. The summed E-state index contributed by atoms with van der Waals surface area (Å²) in [5, 5.41) is 0. The Balaban J connectivity index is 1.91. The van der Waals surface area contributed by atoms with E-state index in [0.29, 0.717) is 0 Å². The van der Waals surface area contributed by atoms with Gasteiger partial charge in [-0.2, -0.15) is 0 Å². The highest BCUT2D eigenvalue weighted by atomic mass is 19.1. The van der Waals surface area contributed by atoms with Gasteiger partial charge in [0.25, 0.3) is 0 Å². The van der Waals surface area contributed by atoms with Crippen molar-refractivity contribution < 1.29 is 8.78 Å². The predicted octanol–water partition coefficient (Wildman–Crippen LogP) is 5.23. The summed E-state index contributed by atoms with van der Waals surface area (Å²) in [5.41, 5.74) is 16.8. The van der Waals surface area contributed by atoms with Gasteiger partial charge in [0.15, 0.2) is 0 Å². The molecular formula is C25H20F2N2. The van der Waals surface area contributed by atoms with Crippen molar-refractivity contribution in [3.05, 3.63) is 113 Å². The minimum absolute atomic E-state index is 0.0913. The number of rotatable bonds is 2. The van der Waals surface area contributed by atoms with E-state index in [1.165, 1.54) is 6.07 Å². The van der Waals surface area contributed by atoms with Gasteiger partial charge >= 0.3 is 0 Å². The van der Waals surface area contributed by atoms with Crippen LogP contribution in [0.2, 0.25) is 0 Å². The molecule has 0 saturated heterocycles. The van der Waals surface area contributed by atoms with E-state index in [9.17, 15) is 8.78 Å². The number of fused-ring (bicyclic) bond motifs is 3. The van der Waals surface area contributed by atoms with Crippen LogP contribution < -0.4 is 11.5 Å². The molecule has 2 nitrogen and oxygen atoms in total. The third-order valence-corrected chi connectivity index (χ3v) is 6.11. The molecule has 0 aliphatic heterocycles. The summed E-state index contributed by atoms with van der Waals surface area (Å²) in [5.74, 6) is -0.480. The number of halogens is 2. The van der Waals surface area contributed by atoms with Gasteiger partial charge in [-0.1, -0.05) is 60.7 Å². The maximum Gasteiger partial charge on any atom is 0.146 e. The Kier molecular flexibility index (Phi) is 3.85. The number of alkyl halides is 1. The highest BCUT2D eigenvalue weighted by Gasteiger charge is 2.48. The Morgan fingerprint density at radius 1 is 0.828 bits per heavy atom. The average molecular weight is 386 g/mol. The summed E-state index contributed by atoms with van der Waals surface area (Å²) in [6.45, 7) is 0. The molecule has 2 aliphatic carbocycles. The molecule has 0 aromatic heterocycles. The highest BCUT2D eigenvalue weighted by Crippen LogP contribution is 2.57. The van der Waals surface area contributed by atoms with Gasteiger partial charge in [-0.15, -0.1) is 0 Å². The van der Waals surface area contributed by atoms with E-state index < -0.39 is 17.4 Å². The second-order valence-electron chi connectivity index (χ2n) is 7.61. The number of anilines is 1. The summed E-state index contributed by atoms with van der Waals surface area (Å²) in [6, 6.07) is 21.0. The van der Waals surface area contributed by atoms with Gasteiger partial charge in [-0.05, 0) is 51.6 Å². The SMILES string of the molecule is NC1=CC=C(C2(c3ccc(N)c(F)c3)c3ccccc3-c3ccccc32)CC1F. The Labute approximate surface area is 168 Å². The fourth-order valence-corrected chi connectivity index (χ4v) is 4.80. The first-order valence-electron chi connectivity index (χ1n) is 9.59. The van der Waals surface area contributed by atoms with E-state index in [1.54, 1.807) is 12.1 Å². The molecule has 0 spiro atoms. The normalized spacial score (nSPS) is 19.2. The Bertz CT molecular complexity index is 1150. The fraction of sp³-hybridized carbons (Fsp3) is 0.120. The number of hydrogen-bond donors (Lipinski definition) is 2. The number of hydrogen-bond acceptors (Lipinski definition) is 2. The molecule has 4 heteroatoms. The lowest BCUT2D eigenvalue weighted by atomic mass is 9.65. The summed E-state index contributed by atoms with van der Waals surface area (Å²) in [7, 11) is 0. The lowest BCUT2D eigenvalue weighted by Gasteiger charge is -2.37. The summed E-state index contributed by atoms with van der Waals surface area (Å²) < 4.78 is 29.3. The zero-order valence-electron chi connectivity index (χ0n) is 15.7. The molecule has 0 bridgehead atoms. The molecule has 0 radical (unpaired) electrons. The molecule has 1 unspecified atom stereocenters. The molecule has 3 aromatic carbocycles. The van der Waals surface area contributed by atoms with Crippen molar-refractivity contribution in [3.63, 3.8) is 0 Å². The van der Waals surface area contributed by atoms with Crippen molar-refractivity contribution >= 4 is 5.69 Å². The van der Waals surface area contributed by atoms with Crippen molar-refractivity contribution in [3.8, 4) is 11.1 Å². The third-order valence-electron chi connectivity index (χ3n) is 6.11. The van der Waals surface area contributed by atoms with Crippen LogP contribution in [0.25, 0.3) is 11.1 Å². The highest BCUT2D eigenvalue weighted by molar-refractivity contribution is 5.86. The van der Waals surface area contributed by atoms with Crippen LogP contribution in [-0.4, -0.2) is 6.17 Å². The standard InChI is InChI=1S/C25H20F2N2/c26-21-13-15(9-11-23(21)28)25(16-10-12-24(29)22(27)14-16)19-7-3-1-5-17(19)18-6-2-4-8-20(18)25/h1-13,22H,14,28-29H2. The van der Waals surface area contributed by atoms with Gasteiger partial charge in [0.05, 0.1) is 11.1 Å². The molecule has 29 heavy (non-hydrogen) atoms. The molecule has 0 saturated carbocycles. The van der Waals surface area contributed by atoms with E-state index >= 15 is 0 Å². The smallest absolute Gasteiger partial charge is 0.146 e. The number of allylic oxidation sites excluding steroid dienone is 4. The van der Waals surface area contributed by atoms with Crippen molar-refractivity contribution in [2.45, 2.75) is 18.0 Å². The fourth-order valence-electron chi connectivity index (χ4n) is 4.80. The maximum atomic E-state index is 14.7. The molecule has 5 rings (SSSR count). The van der Waals surface area contributed by atoms with E-state index in [-0.39, 0.29) is 17.8 Å². The topological polar surface area (TPSA) is 52.0 Å². The molecule has 0 heterocycles. The second-order valence-corrected chi connectivity index (χ2v) is 7.61. The van der Waals surface area contributed by atoms with E-state index in [2.05, 4.69) is 12.1 Å². The minimum atomic E-state index is -1.27. The van der Waals surface area contributed by atoms with Gasteiger partial charge < -0.3 is 11.5 Å². The van der Waals surface area contributed by atoms with Crippen molar-refractivity contribution in [1.82, 2.24) is 0 Å². The van der Waals surface area contributed by atoms with Crippen LogP contribution in [0, 0.1) is 5.82 Å². The van der Waals surface area contributed by atoms with Gasteiger partial charge in [0.1, 0.15) is 12.0 Å².